The third-order valence-corrected chi connectivity index (χ3v) is 13.8. The van der Waals surface area contributed by atoms with Crippen molar-refractivity contribution < 1.29 is 4.74 Å². The van der Waals surface area contributed by atoms with E-state index >= 15 is 0 Å². The van der Waals surface area contributed by atoms with E-state index in [4.69, 9.17) is 4.74 Å². The van der Waals surface area contributed by atoms with Gasteiger partial charge in [-0.25, -0.2) is 0 Å². The Morgan fingerprint density at radius 1 is 0.279 bits per heavy atom. The Bertz CT molecular complexity index is 3340. The van der Waals surface area contributed by atoms with Gasteiger partial charge in [0.1, 0.15) is 11.5 Å². The van der Waals surface area contributed by atoms with Crippen LogP contribution in [0.4, 0.5) is 0 Å². The fourth-order valence-electron chi connectivity index (χ4n) is 11.4. The molecule has 0 fully saturated rings. The van der Waals surface area contributed by atoms with E-state index in [1.165, 1.54) is 77.5 Å². The van der Waals surface area contributed by atoms with Crippen LogP contribution >= 0.6 is 0 Å². The second-order valence-corrected chi connectivity index (χ2v) is 16.7. The van der Waals surface area contributed by atoms with E-state index in [1.54, 1.807) is 0 Å². The lowest BCUT2D eigenvalue weighted by Crippen LogP contribution is -2.34. The Morgan fingerprint density at radius 3 is 1.51 bits per heavy atom. The molecule has 10 aromatic carbocycles. The lowest BCUT2D eigenvalue weighted by Gasteiger charge is -2.41. The highest BCUT2D eigenvalue weighted by molar-refractivity contribution is 6.04. The number of fused-ring (bicyclic) bond motifs is 14. The molecule has 3 aliphatic rings. The Labute approximate surface area is 355 Å². The van der Waals surface area contributed by atoms with Gasteiger partial charge >= 0.3 is 0 Å². The van der Waals surface area contributed by atoms with Gasteiger partial charge in [0.2, 0.25) is 0 Å². The third kappa shape index (κ3) is 4.61. The van der Waals surface area contributed by atoms with Crippen molar-refractivity contribution in [1.82, 2.24) is 0 Å². The minimum Gasteiger partial charge on any atom is -0.457 e. The van der Waals surface area contributed by atoms with Gasteiger partial charge in [-0.3, -0.25) is 0 Å². The lowest BCUT2D eigenvalue weighted by atomic mass is 9.63. The first-order valence-electron chi connectivity index (χ1n) is 21.2. The molecule has 0 radical (unpaired) electrons. The molecule has 61 heavy (non-hydrogen) atoms. The number of hydrogen-bond acceptors (Lipinski definition) is 1. The van der Waals surface area contributed by atoms with Crippen LogP contribution in [0.3, 0.4) is 0 Å². The molecular weight excluding hydrogens is 737 g/mol. The van der Waals surface area contributed by atoms with Gasteiger partial charge in [0.15, 0.2) is 0 Å². The average molecular weight is 775 g/mol. The monoisotopic (exact) mass is 774 g/mol. The van der Waals surface area contributed by atoms with Crippen LogP contribution in [-0.2, 0) is 10.8 Å². The maximum absolute atomic E-state index is 6.75. The van der Waals surface area contributed by atoms with Gasteiger partial charge in [0, 0.05) is 11.1 Å². The van der Waals surface area contributed by atoms with E-state index in [-0.39, 0.29) is 0 Å². The molecule has 2 aliphatic carbocycles. The van der Waals surface area contributed by atoms with Crippen LogP contribution in [0.1, 0.15) is 44.5 Å². The van der Waals surface area contributed by atoms with Gasteiger partial charge in [-0.05, 0) is 119 Å². The largest absolute Gasteiger partial charge is 0.457 e. The molecule has 0 N–H and O–H groups in total. The summed E-state index contributed by atoms with van der Waals surface area (Å²) in [5.41, 5.74) is 19.1. The van der Waals surface area contributed by atoms with Crippen LogP contribution in [0.2, 0.25) is 0 Å². The van der Waals surface area contributed by atoms with Crippen molar-refractivity contribution in [1.29, 1.82) is 0 Å². The normalized spacial score (nSPS) is 15.9. The fourth-order valence-corrected chi connectivity index (χ4v) is 11.4. The summed E-state index contributed by atoms with van der Waals surface area (Å²) >= 11 is 0. The summed E-state index contributed by atoms with van der Waals surface area (Å²) in [6.07, 6.45) is 0. The maximum Gasteiger partial charge on any atom is 0.132 e. The first-order chi connectivity index (χ1) is 30.2. The van der Waals surface area contributed by atoms with E-state index in [0.29, 0.717) is 0 Å². The highest BCUT2D eigenvalue weighted by atomic mass is 16.5. The maximum atomic E-state index is 6.75. The summed E-state index contributed by atoms with van der Waals surface area (Å²) in [4.78, 5) is 0. The summed E-state index contributed by atoms with van der Waals surface area (Å²) in [5.74, 6) is 1.76. The van der Waals surface area contributed by atoms with Crippen molar-refractivity contribution in [3.8, 4) is 56.0 Å². The first-order valence-corrected chi connectivity index (χ1v) is 21.2. The van der Waals surface area contributed by atoms with Crippen LogP contribution < -0.4 is 4.74 Å². The zero-order valence-corrected chi connectivity index (χ0v) is 33.3. The standard InChI is InChI=1S/C60H38O/c1-3-19-44(20-4-1)59(45-21-5-2-6-22-45)53-28-13-14-29-56(53)61-57-35-32-43(38-55(57)59)41-18-15-17-40(36-41)42-31-33-49-47-24-9-11-26-51(47)60(54(49)37-42)52-27-12-10-25-48(52)50-34-30-39-16-7-8-23-46(39)58(50)60/h1-38H. The molecule has 1 spiro atoms. The Hall–Kier alpha value is -7.74. The summed E-state index contributed by atoms with van der Waals surface area (Å²) in [7, 11) is 0. The molecule has 0 amide bonds. The van der Waals surface area contributed by atoms with Gasteiger partial charge in [0.25, 0.3) is 0 Å². The average Bonchev–Trinajstić information content (AvgIpc) is 3.81. The third-order valence-electron chi connectivity index (χ3n) is 13.8. The van der Waals surface area contributed by atoms with Gasteiger partial charge in [-0.15, -0.1) is 0 Å². The van der Waals surface area contributed by atoms with Gasteiger partial charge in [-0.2, -0.15) is 0 Å². The SMILES string of the molecule is c1ccc(C2(c3ccccc3)c3ccccc3Oc3ccc(-c4cccc(-c5ccc6c(c5)C5(c7ccccc7-6)c6ccccc6-c6ccc7ccccc7c65)c4)cc32)cc1. The molecule has 0 bridgehead atoms. The summed E-state index contributed by atoms with van der Waals surface area (Å²) in [6.45, 7) is 0. The molecule has 0 aromatic heterocycles. The molecule has 1 atom stereocenters. The lowest BCUT2D eigenvalue weighted by molar-refractivity contribution is 0.434. The summed E-state index contributed by atoms with van der Waals surface area (Å²) in [6, 6.07) is 85.2. The van der Waals surface area contributed by atoms with Crippen molar-refractivity contribution in [2.24, 2.45) is 0 Å². The predicted molar refractivity (Wildman–Crippen MR) is 250 cm³/mol. The zero-order valence-electron chi connectivity index (χ0n) is 33.3. The molecule has 1 heteroatoms. The smallest absolute Gasteiger partial charge is 0.132 e. The quantitative estimate of drug-likeness (QED) is 0.173. The van der Waals surface area contributed by atoms with Gasteiger partial charge in [-0.1, -0.05) is 200 Å². The molecule has 1 heterocycles. The number of para-hydroxylation sites is 1. The Balaban J connectivity index is 1.01. The predicted octanol–water partition coefficient (Wildman–Crippen LogP) is 15.0. The fraction of sp³-hybridized carbons (Fsp3) is 0.0333. The Morgan fingerprint density at radius 2 is 0.787 bits per heavy atom. The number of hydrogen-bond donors (Lipinski definition) is 0. The molecule has 0 saturated heterocycles. The van der Waals surface area contributed by atoms with Crippen molar-refractivity contribution in [3.63, 3.8) is 0 Å². The number of benzene rings is 10. The number of ether oxygens (including phenoxy) is 1. The molecule has 13 rings (SSSR count). The second-order valence-electron chi connectivity index (χ2n) is 16.7. The Kier molecular flexibility index (Phi) is 7.21. The minimum atomic E-state index is -0.582. The van der Waals surface area contributed by atoms with Crippen molar-refractivity contribution in [2.45, 2.75) is 10.8 Å². The summed E-state index contributed by atoms with van der Waals surface area (Å²) in [5, 5.41) is 2.58. The molecular formula is C60H38O. The zero-order chi connectivity index (χ0) is 40.1. The molecule has 0 saturated carbocycles. The van der Waals surface area contributed by atoms with Crippen LogP contribution in [0.15, 0.2) is 231 Å². The molecule has 1 unspecified atom stereocenters. The molecule has 1 aliphatic heterocycles. The number of rotatable bonds is 4. The van der Waals surface area contributed by atoms with Crippen LogP contribution in [0.25, 0.3) is 55.3 Å². The summed E-state index contributed by atoms with van der Waals surface area (Å²) < 4.78 is 6.75. The van der Waals surface area contributed by atoms with E-state index in [9.17, 15) is 0 Å². The molecule has 284 valence electrons. The van der Waals surface area contributed by atoms with Crippen LogP contribution in [0, 0.1) is 0 Å². The van der Waals surface area contributed by atoms with E-state index in [2.05, 4.69) is 231 Å². The van der Waals surface area contributed by atoms with Crippen molar-refractivity contribution in [3.05, 3.63) is 275 Å². The van der Waals surface area contributed by atoms with Crippen molar-refractivity contribution >= 4 is 10.8 Å². The second kappa shape index (κ2) is 12.9. The van der Waals surface area contributed by atoms with Gasteiger partial charge < -0.3 is 4.74 Å². The first kappa shape index (κ1) is 34.2. The van der Waals surface area contributed by atoms with Crippen LogP contribution in [0.5, 0.6) is 11.5 Å². The van der Waals surface area contributed by atoms with Gasteiger partial charge in [0.05, 0.1) is 10.8 Å². The van der Waals surface area contributed by atoms with E-state index in [0.717, 1.165) is 33.8 Å². The minimum absolute atomic E-state index is 0.445. The highest BCUT2D eigenvalue weighted by Gasteiger charge is 2.52. The van der Waals surface area contributed by atoms with E-state index < -0.39 is 10.8 Å². The van der Waals surface area contributed by atoms with Crippen LogP contribution in [-0.4, -0.2) is 0 Å². The molecule has 1 nitrogen and oxygen atoms in total. The molecule has 10 aromatic rings. The van der Waals surface area contributed by atoms with E-state index in [1.807, 2.05) is 0 Å². The highest BCUT2D eigenvalue weighted by Crippen LogP contribution is 2.64. The topological polar surface area (TPSA) is 9.23 Å². The van der Waals surface area contributed by atoms with Crippen molar-refractivity contribution in [2.75, 3.05) is 0 Å².